The summed E-state index contributed by atoms with van der Waals surface area (Å²) in [4.78, 5) is 4.96. The van der Waals surface area contributed by atoms with Gasteiger partial charge in [-0.3, -0.25) is 0 Å². The fourth-order valence-corrected chi connectivity index (χ4v) is 2.92. The van der Waals surface area contributed by atoms with E-state index in [4.69, 9.17) is 0 Å². The third kappa shape index (κ3) is 3.48. The maximum absolute atomic E-state index is 3.39. The summed E-state index contributed by atoms with van der Waals surface area (Å²) in [6, 6.07) is 7.47. The Bertz CT molecular complexity index is 416. The maximum atomic E-state index is 3.39. The van der Waals surface area contributed by atoms with Crippen molar-refractivity contribution in [3.05, 3.63) is 29.3 Å². The number of rotatable bonds is 4. The van der Waals surface area contributed by atoms with E-state index in [2.05, 4.69) is 61.1 Å². The third-order valence-electron chi connectivity index (χ3n) is 3.98. The van der Waals surface area contributed by atoms with Crippen LogP contribution in [0.25, 0.3) is 0 Å². The highest BCUT2D eigenvalue weighted by molar-refractivity contribution is 5.55. The summed E-state index contributed by atoms with van der Waals surface area (Å²) in [5, 5.41) is 3.39. The first-order valence-corrected chi connectivity index (χ1v) is 7.37. The second-order valence-corrected chi connectivity index (χ2v) is 5.71. The molecular formula is C16H27N3. The zero-order valence-corrected chi connectivity index (χ0v) is 12.7. The Balaban J connectivity index is 2.12. The molecule has 0 bridgehead atoms. The van der Waals surface area contributed by atoms with Crippen LogP contribution in [0, 0.1) is 6.92 Å². The minimum atomic E-state index is 0.595. The SMILES string of the molecule is CCNCc1ccc(N2CCN(C)CC2C)c(C)c1. The van der Waals surface area contributed by atoms with Gasteiger partial charge in [0.1, 0.15) is 0 Å². The quantitative estimate of drug-likeness (QED) is 0.897. The molecule has 1 aromatic rings. The van der Waals surface area contributed by atoms with Gasteiger partial charge in [-0.25, -0.2) is 0 Å². The minimum Gasteiger partial charge on any atom is -0.366 e. The van der Waals surface area contributed by atoms with Crippen molar-refractivity contribution in [2.75, 3.05) is 38.1 Å². The molecule has 1 aliphatic heterocycles. The molecule has 2 rings (SSSR count). The van der Waals surface area contributed by atoms with Crippen molar-refractivity contribution in [2.24, 2.45) is 0 Å². The highest BCUT2D eigenvalue weighted by Gasteiger charge is 2.22. The second-order valence-electron chi connectivity index (χ2n) is 5.71. The molecule has 0 saturated carbocycles. The van der Waals surface area contributed by atoms with E-state index in [9.17, 15) is 0 Å². The largest absolute Gasteiger partial charge is 0.366 e. The van der Waals surface area contributed by atoms with Crippen LogP contribution >= 0.6 is 0 Å². The standard InChI is InChI=1S/C16H27N3/c1-5-17-11-15-6-7-16(13(2)10-15)19-9-8-18(4)12-14(19)3/h6-7,10,14,17H,5,8-9,11-12H2,1-4H3. The molecule has 1 fully saturated rings. The molecule has 1 aromatic carbocycles. The molecule has 1 N–H and O–H groups in total. The maximum Gasteiger partial charge on any atom is 0.0399 e. The van der Waals surface area contributed by atoms with E-state index in [1.807, 2.05) is 0 Å². The van der Waals surface area contributed by atoms with Crippen LogP contribution in [0.3, 0.4) is 0 Å². The number of hydrogen-bond acceptors (Lipinski definition) is 3. The molecule has 1 unspecified atom stereocenters. The number of likely N-dealkylation sites (N-methyl/N-ethyl adjacent to an activating group) is 1. The molecule has 19 heavy (non-hydrogen) atoms. The molecule has 3 nitrogen and oxygen atoms in total. The summed E-state index contributed by atoms with van der Waals surface area (Å²) in [5.74, 6) is 0. The number of piperazine rings is 1. The molecule has 0 spiro atoms. The number of aryl methyl sites for hydroxylation is 1. The summed E-state index contributed by atoms with van der Waals surface area (Å²) in [6.07, 6.45) is 0. The van der Waals surface area contributed by atoms with Gasteiger partial charge in [-0.05, 0) is 44.6 Å². The van der Waals surface area contributed by atoms with Gasteiger partial charge in [-0.2, -0.15) is 0 Å². The van der Waals surface area contributed by atoms with Gasteiger partial charge < -0.3 is 15.1 Å². The Morgan fingerprint density at radius 3 is 2.74 bits per heavy atom. The van der Waals surface area contributed by atoms with Crippen LogP contribution in [0.15, 0.2) is 18.2 Å². The molecule has 0 aliphatic carbocycles. The second kappa shape index (κ2) is 6.40. The van der Waals surface area contributed by atoms with Crippen molar-refractivity contribution in [2.45, 2.75) is 33.4 Å². The first-order valence-electron chi connectivity index (χ1n) is 7.37. The van der Waals surface area contributed by atoms with E-state index < -0.39 is 0 Å². The van der Waals surface area contributed by atoms with Gasteiger partial charge in [-0.1, -0.05) is 19.1 Å². The van der Waals surface area contributed by atoms with Gasteiger partial charge in [0.2, 0.25) is 0 Å². The molecule has 1 saturated heterocycles. The molecule has 1 atom stereocenters. The van der Waals surface area contributed by atoms with E-state index in [1.54, 1.807) is 0 Å². The highest BCUT2D eigenvalue weighted by Crippen LogP contribution is 2.25. The van der Waals surface area contributed by atoms with Crippen molar-refractivity contribution in [3.8, 4) is 0 Å². The monoisotopic (exact) mass is 261 g/mol. The Kier molecular flexibility index (Phi) is 4.83. The van der Waals surface area contributed by atoms with Gasteiger partial charge in [-0.15, -0.1) is 0 Å². The molecule has 0 aromatic heterocycles. The molecule has 106 valence electrons. The molecule has 0 radical (unpaired) electrons. The van der Waals surface area contributed by atoms with E-state index in [0.29, 0.717) is 6.04 Å². The number of nitrogens with one attached hydrogen (secondary N) is 1. The van der Waals surface area contributed by atoms with Crippen molar-refractivity contribution in [3.63, 3.8) is 0 Å². The van der Waals surface area contributed by atoms with Gasteiger partial charge in [0, 0.05) is 37.9 Å². The van der Waals surface area contributed by atoms with Crippen LogP contribution in [0.4, 0.5) is 5.69 Å². The summed E-state index contributed by atoms with van der Waals surface area (Å²) < 4.78 is 0. The van der Waals surface area contributed by atoms with Crippen LogP contribution in [0.5, 0.6) is 0 Å². The first kappa shape index (κ1) is 14.4. The van der Waals surface area contributed by atoms with Crippen LogP contribution in [-0.4, -0.2) is 44.2 Å². The summed E-state index contributed by atoms with van der Waals surface area (Å²) in [6.45, 7) is 12.1. The third-order valence-corrected chi connectivity index (χ3v) is 3.98. The van der Waals surface area contributed by atoms with Crippen molar-refractivity contribution >= 4 is 5.69 Å². The van der Waals surface area contributed by atoms with E-state index in [0.717, 1.165) is 32.7 Å². The van der Waals surface area contributed by atoms with Gasteiger partial charge >= 0.3 is 0 Å². The first-order chi connectivity index (χ1) is 9.11. The van der Waals surface area contributed by atoms with Crippen LogP contribution in [0.1, 0.15) is 25.0 Å². The predicted octanol–water partition coefficient (Wildman–Crippen LogP) is 2.24. The van der Waals surface area contributed by atoms with Gasteiger partial charge in [0.15, 0.2) is 0 Å². The fraction of sp³-hybridized carbons (Fsp3) is 0.625. The van der Waals surface area contributed by atoms with Gasteiger partial charge in [0.25, 0.3) is 0 Å². The molecule has 1 aliphatic rings. The summed E-state index contributed by atoms with van der Waals surface area (Å²) in [7, 11) is 2.21. The highest BCUT2D eigenvalue weighted by atomic mass is 15.3. The minimum absolute atomic E-state index is 0.595. The lowest BCUT2D eigenvalue weighted by molar-refractivity contribution is 0.275. The Hall–Kier alpha value is -1.06. The molecule has 1 heterocycles. The topological polar surface area (TPSA) is 18.5 Å². The zero-order chi connectivity index (χ0) is 13.8. The van der Waals surface area contributed by atoms with E-state index in [-0.39, 0.29) is 0 Å². The van der Waals surface area contributed by atoms with Crippen molar-refractivity contribution in [1.82, 2.24) is 10.2 Å². The number of anilines is 1. The normalized spacial score (nSPS) is 20.8. The van der Waals surface area contributed by atoms with Crippen LogP contribution in [-0.2, 0) is 6.54 Å². The van der Waals surface area contributed by atoms with Crippen LogP contribution in [0.2, 0.25) is 0 Å². The van der Waals surface area contributed by atoms with E-state index in [1.165, 1.54) is 16.8 Å². The lowest BCUT2D eigenvalue weighted by atomic mass is 10.1. The lowest BCUT2D eigenvalue weighted by Gasteiger charge is -2.40. The van der Waals surface area contributed by atoms with Gasteiger partial charge in [0.05, 0.1) is 0 Å². The van der Waals surface area contributed by atoms with Crippen molar-refractivity contribution in [1.29, 1.82) is 0 Å². The van der Waals surface area contributed by atoms with E-state index >= 15 is 0 Å². The average Bonchev–Trinajstić information content (AvgIpc) is 2.37. The fourth-order valence-electron chi connectivity index (χ4n) is 2.92. The molecular weight excluding hydrogens is 234 g/mol. The molecule has 3 heteroatoms. The lowest BCUT2D eigenvalue weighted by Crippen LogP contribution is -2.50. The number of nitrogens with zero attached hydrogens (tertiary/aromatic N) is 2. The number of benzene rings is 1. The van der Waals surface area contributed by atoms with Crippen LogP contribution < -0.4 is 10.2 Å². The average molecular weight is 261 g/mol. The molecule has 0 amide bonds. The van der Waals surface area contributed by atoms with Crippen molar-refractivity contribution < 1.29 is 0 Å². The predicted molar refractivity (Wildman–Crippen MR) is 82.9 cm³/mol. The summed E-state index contributed by atoms with van der Waals surface area (Å²) >= 11 is 0. The summed E-state index contributed by atoms with van der Waals surface area (Å²) in [5.41, 5.74) is 4.18. The smallest absolute Gasteiger partial charge is 0.0399 e. The Labute approximate surface area is 117 Å². The Morgan fingerprint density at radius 1 is 1.32 bits per heavy atom. The number of hydrogen-bond donors (Lipinski definition) is 1. The Morgan fingerprint density at radius 2 is 2.11 bits per heavy atom. The zero-order valence-electron chi connectivity index (χ0n) is 12.7.